The predicted octanol–water partition coefficient (Wildman–Crippen LogP) is 3.96. The van der Waals surface area contributed by atoms with Crippen LogP contribution in [0.25, 0.3) is 5.57 Å². The Bertz CT molecular complexity index is 386. The Kier molecular flexibility index (Phi) is 4.04. The molecule has 0 aromatic carbocycles. The van der Waals surface area contributed by atoms with Gasteiger partial charge >= 0.3 is 0 Å². The quantitative estimate of drug-likeness (QED) is 0.669. The molecular formula is C14H17N. The highest BCUT2D eigenvalue weighted by Gasteiger charge is 2.02. The summed E-state index contributed by atoms with van der Waals surface area (Å²) in [6, 6.07) is 4.12. The van der Waals surface area contributed by atoms with Crippen molar-refractivity contribution in [2.75, 3.05) is 0 Å². The number of nitrogens with zero attached hydrogens (tertiary/aromatic N) is 1. The zero-order valence-corrected chi connectivity index (χ0v) is 9.40. The van der Waals surface area contributed by atoms with Gasteiger partial charge in [0.2, 0.25) is 0 Å². The molecule has 0 aliphatic rings. The summed E-state index contributed by atoms with van der Waals surface area (Å²) in [5.74, 6) is 0.517. The third kappa shape index (κ3) is 3.21. The lowest BCUT2D eigenvalue weighted by atomic mass is 10.0. The van der Waals surface area contributed by atoms with Gasteiger partial charge in [-0.3, -0.25) is 4.98 Å². The molecule has 0 radical (unpaired) electrons. The van der Waals surface area contributed by atoms with Gasteiger partial charge in [0.15, 0.2) is 0 Å². The normalized spacial score (nSPS) is 10.9. The highest BCUT2D eigenvalue weighted by molar-refractivity contribution is 5.70. The van der Waals surface area contributed by atoms with Crippen LogP contribution >= 0.6 is 0 Å². The van der Waals surface area contributed by atoms with E-state index >= 15 is 0 Å². The van der Waals surface area contributed by atoms with Gasteiger partial charge in [0, 0.05) is 6.20 Å². The van der Waals surface area contributed by atoms with E-state index in [9.17, 15) is 0 Å². The summed E-state index contributed by atoms with van der Waals surface area (Å²) in [4.78, 5) is 4.29. The summed E-state index contributed by atoms with van der Waals surface area (Å²) in [6.07, 6.45) is 7.35. The fraction of sp³-hybridized carbons (Fsp3) is 0.214. The van der Waals surface area contributed by atoms with Crippen molar-refractivity contribution < 1.29 is 0 Å². The second-order valence-electron chi connectivity index (χ2n) is 3.75. The number of hydrogen-bond acceptors (Lipinski definition) is 1. The molecule has 0 fully saturated rings. The minimum absolute atomic E-state index is 0.517. The highest BCUT2D eigenvalue weighted by Crippen LogP contribution is 2.18. The molecule has 0 aliphatic carbocycles. The Labute approximate surface area is 91.9 Å². The molecule has 1 aromatic rings. The monoisotopic (exact) mass is 199 g/mol. The predicted molar refractivity (Wildman–Crippen MR) is 66.7 cm³/mol. The van der Waals surface area contributed by atoms with Crippen LogP contribution < -0.4 is 0 Å². The van der Waals surface area contributed by atoms with E-state index in [2.05, 4.69) is 38.1 Å². The van der Waals surface area contributed by atoms with Gasteiger partial charge in [0.25, 0.3) is 0 Å². The molecule has 0 bridgehead atoms. The fourth-order valence-electron chi connectivity index (χ4n) is 1.25. The minimum Gasteiger partial charge on any atom is -0.256 e. The van der Waals surface area contributed by atoms with E-state index in [1.807, 2.05) is 24.4 Å². The van der Waals surface area contributed by atoms with Gasteiger partial charge in [0.1, 0.15) is 0 Å². The summed E-state index contributed by atoms with van der Waals surface area (Å²) in [7, 11) is 0. The van der Waals surface area contributed by atoms with Crippen LogP contribution in [0.15, 0.2) is 49.7 Å². The Morgan fingerprint density at radius 1 is 1.47 bits per heavy atom. The molecule has 0 N–H and O–H groups in total. The number of aromatic nitrogens is 1. The molecule has 0 atom stereocenters. The first kappa shape index (κ1) is 11.4. The Hall–Kier alpha value is -1.63. The van der Waals surface area contributed by atoms with E-state index in [4.69, 9.17) is 0 Å². The maximum Gasteiger partial charge on any atom is 0.0698 e. The maximum atomic E-state index is 4.29. The van der Waals surface area contributed by atoms with Crippen molar-refractivity contribution in [1.82, 2.24) is 4.98 Å². The van der Waals surface area contributed by atoms with Crippen molar-refractivity contribution in [3.63, 3.8) is 0 Å². The molecule has 1 aromatic heterocycles. The van der Waals surface area contributed by atoms with Crippen LogP contribution in [-0.4, -0.2) is 4.98 Å². The van der Waals surface area contributed by atoms with Crippen molar-refractivity contribution in [1.29, 1.82) is 0 Å². The average Bonchev–Trinajstić information content (AvgIpc) is 2.26. The molecular weight excluding hydrogens is 182 g/mol. The lowest BCUT2D eigenvalue weighted by Crippen LogP contribution is -1.92. The summed E-state index contributed by atoms with van der Waals surface area (Å²) in [5.41, 5.74) is 3.13. The largest absolute Gasteiger partial charge is 0.256 e. The van der Waals surface area contributed by atoms with Gasteiger partial charge in [-0.2, -0.15) is 0 Å². The standard InChI is InChI=1S/C14H17N/c1-5-6-7-12(4)14-10-13(11(2)3)8-9-15-14/h5-11H,1,4H2,2-3H3. The fourth-order valence-corrected chi connectivity index (χ4v) is 1.25. The van der Waals surface area contributed by atoms with E-state index in [1.165, 1.54) is 5.56 Å². The summed E-state index contributed by atoms with van der Waals surface area (Å²) in [6.45, 7) is 11.9. The highest BCUT2D eigenvalue weighted by atomic mass is 14.7. The van der Waals surface area contributed by atoms with Crippen molar-refractivity contribution in [3.8, 4) is 0 Å². The van der Waals surface area contributed by atoms with E-state index in [1.54, 1.807) is 6.08 Å². The smallest absolute Gasteiger partial charge is 0.0698 e. The number of hydrogen-bond donors (Lipinski definition) is 0. The van der Waals surface area contributed by atoms with Gasteiger partial charge < -0.3 is 0 Å². The van der Waals surface area contributed by atoms with Crippen LogP contribution in [0.2, 0.25) is 0 Å². The summed E-state index contributed by atoms with van der Waals surface area (Å²) in [5, 5.41) is 0. The third-order valence-corrected chi connectivity index (χ3v) is 2.21. The van der Waals surface area contributed by atoms with Gasteiger partial charge in [-0.25, -0.2) is 0 Å². The van der Waals surface area contributed by atoms with Crippen LogP contribution in [0.5, 0.6) is 0 Å². The number of rotatable bonds is 4. The van der Waals surface area contributed by atoms with E-state index in [0.29, 0.717) is 5.92 Å². The maximum absolute atomic E-state index is 4.29. The van der Waals surface area contributed by atoms with Gasteiger partial charge in [-0.15, -0.1) is 0 Å². The number of pyridine rings is 1. The molecule has 1 nitrogen and oxygen atoms in total. The molecule has 0 amide bonds. The molecule has 15 heavy (non-hydrogen) atoms. The second-order valence-corrected chi connectivity index (χ2v) is 3.75. The van der Waals surface area contributed by atoms with Crippen LogP contribution in [0.1, 0.15) is 31.0 Å². The second kappa shape index (κ2) is 5.30. The van der Waals surface area contributed by atoms with E-state index in [0.717, 1.165) is 11.3 Å². The van der Waals surface area contributed by atoms with Crippen molar-refractivity contribution in [2.24, 2.45) is 0 Å². The average molecular weight is 199 g/mol. The van der Waals surface area contributed by atoms with E-state index < -0.39 is 0 Å². The molecule has 0 aliphatic heterocycles. The van der Waals surface area contributed by atoms with Gasteiger partial charge in [-0.05, 0) is 29.2 Å². The van der Waals surface area contributed by atoms with Crippen LogP contribution in [0.3, 0.4) is 0 Å². The summed E-state index contributed by atoms with van der Waals surface area (Å²) >= 11 is 0. The zero-order chi connectivity index (χ0) is 11.3. The first-order chi connectivity index (χ1) is 7.15. The first-order valence-corrected chi connectivity index (χ1v) is 5.09. The number of allylic oxidation sites excluding steroid dienone is 4. The first-order valence-electron chi connectivity index (χ1n) is 5.09. The molecule has 0 saturated carbocycles. The lowest BCUT2D eigenvalue weighted by Gasteiger charge is -2.06. The molecule has 0 unspecified atom stereocenters. The van der Waals surface area contributed by atoms with E-state index in [-0.39, 0.29) is 0 Å². The van der Waals surface area contributed by atoms with Crippen molar-refractivity contribution in [2.45, 2.75) is 19.8 Å². The Morgan fingerprint density at radius 3 is 2.80 bits per heavy atom. The molecule has 78 valence electrons. The van der Waals surface area contributed by atoms with Crippen LogP contribution in [0, 0.1) is 0 Å². The van der Waals surface area contributed by atoms with Gasteiger partial charge in [0.05, 0.1) is 5.69 Å². The van der Waals surface area contributed by atoms with Crippen molar-refractivity contribution >= 4 is 5.57 Å². The van der Waals surface area contributed by atoms with Crippen molar-refractivity contribution in [3.05, 3.63) is 61.0 Å². The minimum atomic E-state index is 0.517. The zero-order valence-electron chi connectivity index (χ0n) is 9.40. The molecule has 0 spiro atoms. The lowest BCUT2D eigenvalue weighted by molar-refractivity contribution is 0.862. The van der Waals surface area contributed by atoms with Gasteiger partial charge in [-0.1, -0.05) is 45.2 Å². The molecule has 1 heteroatoms. The molecule has 1 rings (SSSR count). The Balaban J connectivity index is 2.95. The topological polar surface area (TPSA) is 12.9 Å². The van der Waals surface area contributed by atoms with Crippen LogP contribution in [0.4, 0.5) is 0 Å². The molecule has 1 heterocycles. The van der Waals surface area contributed by atoms with Crippen LogP contribution in [-0.2, 0) is 0 Å². The third-order valence-electron chi connectivity index (χ3n) is 2.21. The Morgan fingerprint density at radius 2 is 2.20 bits per heavy atom. The summed E-state index contributed by atoms with van der Waals surface area (Å²) < 4.78 is 0. The molecule has 0 saturated heterocycles. The SMILES string of the molecule is C=CC=CC(=C)c1cc(C(C)C)ccn1.